The predicted octanol–water partition coefficient (Wildman–Crippen LogP) is 3.03. The second kappa shape index (κ2) is 5.85. The molecule has 0 aliphatic carbocycles. The van der Waals surface area contributed by atoms with E-state index in [0.717, 1.165) is 20.1 Å². The zero-order valence-corrected chi connectivity index (χ0v) is 14.3. The molecule has 2 aromatic rings. The number of benzene rings is 1. The first-order valence-electron chi connectivity index (χ1n) is 7.01. The molecule has 1 fully saturated rings. The number of aromatic nitrogens is 1. The van der Waals surface area contributed by atoms with E-state index in [1.54, 1.807) is 23.1 Å². The fourth-order valence-electron chi connectivity index (χ4n) is 2.65. The predicted molar refractivity (Wildman–Crippen MR) is 92.7 cm³/mol. The van der Waals surface area contributed by atoms with Crippen LogP contribution in [-0.2, 0) is 9.59 Å². The zero-order chi connectivity index (χ0) is 16.0. The molecule has 5 nitrogen and oxygen atoms in total. The molecule has 8 heteroatoms. The van der Waals surface area contributed by atoms with Crippen molar-refractivity contribution in [3.05, 3.63) is 35.5 Å². The Balaban J connectivity index is 1.57. The van der Waals surface area contributed by atoms with Crippen LogP contribution >= 0.6 is 34.9 Å². The summed E-state index contributed by atoms with van der Waals surface area (Å²) >= 11 is 4.78. The third-order valence-corrected chi connectivity index (χ3v) is 7.32. The van der Waals surface area contributed by atoms with Crippen LogP contribution in [0, 0.1) is 0 Å². The quantitative estimate of drug-likeness (QED) is 0.664. The third kappa shape index (κ3) is 2.64. The van der Waals surface area contributed by atoms with Gasteiger partial charge in [0.25, 0.3) is 0 Å². The smallest absolute Gasteiger partial charge is 0.352 e. The Labute approximate surface area is 144 Å². The van der Waals surface area contributed by atoms with Crippen molar-refractivity contribution >= 4 is 57.0 Å². The van der Waals surface area contributed by atoms with Gasteiger partial charge in [-0.05, 0) is 17.7 Å². The normalized spacial score (nSPS) is 20.6. The molecular weight excluding hydrogens is 352 g/mol. The van der Waals surface area contributed by atoms with Crippen LogP contribution in [0.25, 0.3) is 10.2 Å². The van der Waals surface area contributed by atoms with Crippen LogP contribution in [0.2, 0.25) is 0 Å². The molecule has 0 unspecified atom stereocenters. The lowest BCUT2D eigenvalue weighted by atomic mass is 10.1. The third-order valence-electron chi connectivity index (χ3n) is 3.78. The van der Waals surface area contributed by atoms with Crippen molar-refractivity contribution < 1.29 is 14.7 Å². The highest BCUT2D eigenvalue weighted by Gasteiger charge is 2.45. The van der Waals surface area contributed by atoms with Gasteiger partial charge in [-0.2, -0.15) is 0 Å². The fraction of sp³-hybridized carbons (Fsp3) is 0.267. The number of thiazole rings is 1. The number of fused-ring (bicyclic) bond motifs is 2. The lowest BCUT2D eigenvalue weighted by Gasteiger charge is -2.43. The summed E-state index contributed by atoms with van der Waals surface area (Å²) in [5, 5.41) is 9.48. The number of carbonyl (C=O) groups is 2. The molecule has 0 radical (unpaired) electrons. The lowest BCUT2D eigenvalue weighted by Crippen LogP contribution is -2.54. The summed E-state index contributed by atoms with van der Waals surface area (Å²) in [5.74, 6) is 0.101. The first-order chi connectivity index (χ1) is 11.1. The van der Waals surface area contributed by atoms with Gasteiger partial charge in [-0.25, -0.2) is 9.78 Å². The SMILES string of the molecule is O=C(O)C1=C(CSc2nc3ccccc3s2)CS[C@@H]2CC(=O)N12. The molecule has 2 aliphatic heterocycles. The van der Waals surface area contributed by atoms with Crippen LogP contribution < -0.4 is 0 Å². The molecule has 1 aromatic carbocycles. The summed E-state index contributed by atoms with van der Waals surface area (Å²) in [6.45, 7) is 0. The van der Waals surface area contributed by atoms with Gasteiger partial charge < -0.3 is 5.11 Å². The van der Waals surface area contributed by atoms with E-state index in [-0.39, 0.29) is 17.0 Å². The maximum absolute atomic E-state index is 11.7. The number of carboxylic acid groups (broad SMARTS) is 1. The highest BCUT2D eigenvalue weighted by molar-refractivity contribution is 8.02. The van der Waals surface area contributed by atoms with Gasteiger partial charge in [0, 0.05) is 11.5 Å². The Morgan fingerprint density at radius 1 is 1.43 bits per heavy atom. The molecule has 4 rings (SSSR count). The number of hydrogen-bond acceptors (Lipinski definition) is 6. The van der Waals surface area contributed by atoms with Crippen LogP contribution in [0.4, 0.5) is 0 Å². The van der Waals surface area contributed by atoms with E-state index < -0.39 is 5.97 Å². The molecule has 23 heavy (non-hydrogen) atoms. The Hall–Kier alpha value is -1.51. The number of thioether (sulfide) groups is 2. The summed E-state index contributed by atoms with van der Waals surface area (Å²) < 4.78 is 2.05. The maximum Gasteiger partial charge on any atom is 0.352 e. The Kier molecular flexibility index (Phi) is 3.82. The van der Waals surface area contributed by atoms with E-state index in [1.807, 2.05) is 24.3 Å². The van der Waals surface area contributed by atoms with Gasteiger partial charge in [-0.1, -0.05) is 23.9 Å². The van der Waals surface area contributed by atoms with E-state index in [9.17, 15) is 14.7 Å². The molecular formula is C15H12N2O3S3. The standard InChI is InChI=1S/C15H12N2O3S3/c18-11-5-12-17(11)13(14(19)20)8(6-21-12)7-22-15-16-9-3-1-2-4-10(9)23-15/h1-4,12H,5-7H2,(H,19,20)/t12-/m1/s1. The summed E-state index contributed by atoms with van der Waals surface area (Å²) in [5.41, 5.74) is 1.94. The van der Waals surface area contributed by atoms with Gasteiger partial charge >= 0.3 is 5.97 Å². The summed E-state index contributed by atoms with van der Waals surface area (Å²) in [7, 11) is 0. The average molecular weight is 364 g/mol. The molecule has 1 atom stereocenters. The monoisotopic (exact) mass is 364 g/mol. The number of carbonyl (C=O) groups excluding carboxylic acids is 1. The average Bonchev–Trinajstić information content (AvgIpc) is 2.94. The molecule has 0 bridgehead atoms. The van der Waals surface area contributed by atoms with Gasteiger partial charge in [0.05, 0.1) is 22.0 Å². The van der Waals surface area contributed by atoms with Crippen LogP contribution in [-0.4, -0.2) is 43.7 Å². The fourth-order valence-corrected chi connectivity index (χ4v) is 6.12. The van der Waals surface area contributed by atoms with Crippen molar-refractivity contribution in [3.63, 3.8) is 0 Å². The molecule has 0 saturated carbocycles. The van der Waals surface area contributed by atoms with Crippen LogP contribution in [0.5, 0.6) is 0 Å². The zero-order valence-electron chi connectivity index (χ0n) is 11.9. The van der Waals surface area contributed by atoms with Crippen molar-refractivity contribution in [2.24, 2.45) is 0 Å². The topological polar surface area (TPSA) is 70.5 Å². The van der Waals surface area contributed by atoms with Gasteiger partial charge in [-0.3, -0.25) is 9.69 Å². The molecule has 0 spiro atoms. The summed E-state index contributed by atoms with van der Waals surface area (Å²) in [6, 6.07) is 7.93. The van der Waals surface area contributed by atoms with Crippen LogP contribution in [0.3, 0.4) is 0 Å². The Morgan fingerprint density at radius 2 is 2.26 bits per heavy atom. The summed E-state index contributed by atoms with van der Waals surface area (Å²) in [4.78, 5) is 29.3. The molecule has 3 heterocycles. The minimum absolute atomic E-state index is 0.00445. The first-order valence-corrected chi connectivity index (χ1v) is 9.86. The van der Waals surface area contributed by atoms with Crippen molar-refractivity contribution in [2.45, 2.75) is 16.1 Å². The lowest BCUT2D eigenvalue weighted by molar-refractivity contribution is -0.146. The van der Waals surface area contributed by atoms with Crippen molar-refractivity contribution in [2.75, 3.05) is 11.5 Å². The molecule has 1 saturated heterocycles. The van der Waals surface area contributed by atoms with Gasteiger partial charge in [0.15, 0.2) is 4.34 Å². The second-order valence-corrected chi connectivity index (χ2v) is 8.65. The van der Waals surface area contributed by atoms with E-state index in [1.165, 1.54) is 16.7 Å². The second-order valence-electron chi connectivity index (χ2n) is 5.23. The van der Waals surface area contributed by atoms with E-state index >= 15 is 0 Å². The minimum Gasteiger partial charge on any atom is -0.477 e. The largest absolute Gasteiger partial charge is 0.477 e. The molecule has 2 aliphatic rings. The number of amides is 1. The van der Waals surface area contributed by atoms with E-state index in [0.29, 0.717) is 17.9 Å². The highest BCUT2D eigenvalue weighted by Crippen LogP contribution is 2.41. The van der Waals surface area contributed by atoms with Crippen molar-refractivity contribution in [1.82, 2.24) is 9.88 Å². The number of aliphatic carboxylic acids is 1. The Bertz CT molecular complexity index is 812. The molecule has 118 valence electrons. The Morgan fingerprint density at radius 3 is 3.00 bits per heavy atom. The summed E-state index contributed by atoms with van der Waals surface area (Å²) in [6.07, 6.45) is 0.444. The van der Waals surface area contributed by atoms with E-state index in [4.69, 9.17) is 0 Å². The van der Waals surface area contributed by atoms with Crippen molar-refractivity contribution in [1.29, 1.82) is 0 Å². The number of β-lactam (4-membered cyclic amide) rings is 1. The number of para-hydroxylation sites is 1. The molecule has 1 aromatic heterocycles. The number of rotatable bonds is 4. The molecule has 1 amide bonds. The minimum atomic E-state index is -1.01. The van der Waals surface area contributed by atoms with E-state index in [2.05, 4.69) is 4.98 Å². The number of hydrogen-bond donors (Lipinski definition) is 1. The highest BCUT2D eigenvalue weighted by atomic mass is 32.2. The molecule has 1 N–H and O–H groups in total. The van der Waals surface area contributed by atoms with Gasteiger partial charge in [0.2, 0.25) is 5.91 Å². The van der Waals surface area contributed by atoms with Gasteiger partial charge in [0.1, 0.15) is 5.70 Å². The first kappa shape index (κ1) is 15.0. The van der Waals surface area contributed by atoms with Crippen molar-refractivity contribution in [3.8, 4) is 0 Å². The van der Waals surface area contributed by atoms with Crippen LogP contribution in [0.15, 0.2) is 39.9 Å². The van der Waals surface area contributed by atoms with Crippen LogP contribution in [0.1, 0.15) is 6.42 Å². The maximum atomic E-state index is 11.7. The number of nitrogens with zero attached hydrogens (tertiary/aromatic N) is 2. The number of carboxylic acids is 1. The van der Waals surface area contributed by atoms with Gasteiger partial charge in [-0.15, -0.1) is 23.1 Å².